The molecule has 7 nitrogen and oxygen atoms in total. The van der Waals surface area contributed by atoms with Crippen molar-refractivity contribution >= 4 is 23.5 Å². The van der Waals surface area contributed by atoms with Crippen molar-refractivity contribution in [2.24, 2.45) is 0 Å². The third-order valence-electron chi connectivity index (χ3n) is 5.77. The third kappa shape index (κ3) is 4.49. The summed E-state index contributed by atoms with van der Waals surface area (Å²) in [6.07, 6.45) is 1.67. The van der Waals surface area contributed by atoms with Gasteiger partial charge in [0.1, 0.15) is 17.6 Å². The van der Waals surface area contributed by atoms with Gasteiger partial charge >= 0.3 is 17.8 Å². The Morgan fingerprint density at radius 1 is 0.971 bits per heavy atom. The Morgan fingerprint density at radius 2 is 1.68 bits per heavy atom. The van der Waals surface area contributed by atoms with E-state index < -0.39 is 12.1 Å². The molecule has 3 aromatic carbocycles. The predicted molar refractivity (Wildman–Crippen MR) is 129 cm³/mol. The van der Waals surface area contributed by atoms with Crippen LogP contribution in [-0.4, -0.2) is 28.1 Å². The van der Waals surface area contributed by atoms with Crippen molar-refractivity contribution in [3.05, 3.63) is 108 Å². The predicted octanol–water partition coefficient (Wildman–Crippen LogP) is 4.39. The average Bonchev–Trinajstić information content (AvgIpc) is 3.15. The summed E-state index contributed by atoms with van der Waals surface area (Å²) in [6, 6.07) is 26.5. The number of carbonyl (C=O) groups is 2. The van der Waals surface area contributed by atoms with Crippen molar-refractivity contribution in [1.29, 1.82) is 0 Å². The maximum Gasteiger partial charge on any atom is 0.409 e. The van der Waals surface area contributed by atoms with E-state index in [0.29, 0.717) is 24.3 Å². The topological polar surface area (TPSA) is 95.2 Å². The Balaban J connectivity index is 1.49. The number of rotatable bonds is 6. The quantitative estimate of drug-likeness (QED) is 0.378. The molecule has 168 valence electrons. The van der Waals surface area contributed by atoms with Crippen LogP contribution in [0.1, 0.15) is 21.6 Å². The van der Waals surface area contributed by atoms with Crippen LogP contribution in [0.4, 0.5) is 16.3 Å². The fraction of sp³-hybridized carbons (Fsp3) is 0.111. The zero-order valence-corrected chi connectivity index (χ0v) is 18.3. The highest BCUT2D eigenvalue weighted by atomic mass is 16.4. The first kappa shape index (κ1) is 21.3. The van der Waals surface area contributed by atoms with Crippen LogP contribution < -0.4 is 15.2 Å². The van der Waals surface area contributed by atoms with Crippen LogP contribution >= 0.6 is 0 Å². The van der Waals surface area contributed by atoms with Crippen molar-refractivity contribution in [2.75, 3.05) is 10.6 Å². The maximum atomic E-state index is 13.4. The van der Waals surface area contributed by atoms with Crippen molar-refractivity contribution in [2.45, 2.75) is 18.9 Å². The molecule has 1 unspecified atom stereocenters. The SMILES string of the molecule is O=C(O)Nc1cccc(CC2Nc3c(Cc4ccccc4)nc(-c4ccccc4)c[n+]3C2=O)c1. The van der Waals surface area contributed by atoms with E-state index in [-0.39, 0.29) is 5.91 Å². The molecule has 1 aromatic heterocycles. The van der Waals surface area contributed by atoms with Crippen molar-refractivity contribution in [3.8, 4) is 11.3 Å². The standard InChI is InChI=1S/C27H22N4O3/c32-26-23(16-19-10-7-13-21(14-19)28-27(33)34)30-25-22(15-18-8-3-1-4-9-18)29-24(17-31(25)26)20-11-5-2-6-12-20/h1-14,17,23,28H,15-16H2,(H,33,34)/p+1. The lowest BCUT2D eigenvalue weighted by atomic mass is 10.1. The molecule has 3 N–H and O–H groups in total. The molecule has 0 saturated carbocycles. The summed E-state index contributed by atoms with van der Waals surface area (Å²) in [6.45, 7) is 0. The lowest BCUT2D eigenvalue weighted by molar-refractivity contribution is -0.552. The van der Waals surface area contributed by atoms with Crippen LogP contribution in [0.2, 0.25) is 0 Å². The zero-order chi connectivity index (χ0) is 23.5. The Hall–Kier alpha value is -4.52. The number of hydrogen-bond acceptors (Lipinski definition) is 4. The van der Waals surface area contributed by atoms with E-state index in [0.717, 1.165) is 28.1 Å². The van der Waals surface area contributed by atoms with Crippen molar-refractivity contribution in [3.63, 3.8) is 0 Å². The fourth-order valence-corrected chi connectivity index (χ4v) is 4.21. The monoisotopic (exact) mass is 451 g/mol. The summed E-state index contributed by atoms with van der Waals surface area (Å²) >= 11 is 0. The second-order valence-corrected chi connectivity index (χ2v) is 8.19. The molecule has 0 aliphatic carbocycles. The summed E-state index contributed by atoms with van der Waals surface area (Å²) < 4.78 is 1.66. The van der Waals surface area contributed by atoms with E-state index in [4.69, 9.17) is 10.1 Å². The number of fused-ring (bicyclic) bond motifs is 1. The number of benzene rings is 3. The molecule has 1 aliphatic rings. The molecule has 1 atom stereocenters. The van der Waals surface area contributed by atoms with Gasteiger partial charge in [0.25, 0.3) is 0 Å². The number of aromatic nitrogens is 2. The van der Waals surface area contributed by atoms with Gasteiger partial charge in [-0.05, 0) is 23.3 Å². The lowest BCUT2D eigenvalue weighted by Gasteiger charge is -2.07. The van der Waals surface area contributed by atoms with Gasteiger partial charge in [-0.1, -0.05) is 72.8 Å². The number of anilines is 2. The van der Waals surface area contributed by atoms with E-state index in [1.807, 2.05) is 66.7 Å². The van der Waals surface area contributed by atoms with Crippen LogP contribution in [0.5, 0.6) is 0 Å². The molecule has 2 heterocycles. The van der Waals surface area contributed by atoms with E-state index in [1.165, 1.54) is 0 Å². The number of carboxylic acid groups (broad SMARTS) is 1. The largest absolute Gasteiger partial charge is 0.465 e. The van der Waals surface area contributed by atoms with Gasteiger partial charge in [-0.25, -0.2) is 14.6 Å². The van der Waals surface area contributed by atoms with Crippen LogP contribution in [-0.2, 0) is 12.8 Å². The molecule has 0 radical (unpaired) electrons. The molecule has 0 saturated heterocycles. The number of nitrogens with zero attached hydrogens (tertiary/aromatic N) is 2. The second-order valence-electron chi connectivity index (χ2n) is 8.19. The van der Waals surface area contributed by atoms with Crippen LogP contribution in [0, 0.1) is 0 Å². The normalized spacial score (nSPS) is 14.4. The van der Waals surface area contributed by atoms with Crippen LogP contribution in [0.3, 0.4) is 0 Å². The van der Waals surface area contributed by atoms with E-state index in [1.54, 1.807) is 29.0 Å². The maximum absolute atomic E-state index is 13.4. The third-order valence-corrected chi connectivity index (χ3v) is 5.77. The smallest absolute Gasteiger partial charge is 0.409 e. The Kier molecular flexibility index (Phi) is 5.74. The summed E-state index contributed by atoms with van der Waals surface area (Å²) in [7, 11) is 0. The van der Waals surface area contributed by atoms with Crippen molar-refractivity contribution in [1.82, 2.24) is 4.98 Å². The molecule has 34 heavy (non-hydrogen) atoms. The van der Waals surface area contributed by atoms with Gasteiger partial charge in [0, 0.05) is 24.1 Å². The first-order chi connectivity index (χ1) is 16.6. The zero-order valence-electron chi connectivity index (χ0n) is 18.3. The molecule has 4 aromatic rings. The van der Waals surface area contributed by atoms with E-state index in [9.17, 15) is 9.59 Å². The molecule has 0 spiro atoms. The van der Waals surface area contributed by atoms with Crippen LogP contribution in [0.25, 0.3) is 11.3 Å². The van der Waals surface area contributed by atoms with Gasteiger partial charge in [-0.3, -0.25) is 10.6 Å². The number of amides is 1. The van der Waals surface area contributed by atoms with Gasteiger partial charge < -0.3 is 5.11 Å². The molecule has 7 heteroatoms. The van der Waals surface area contributed by atoms with Gasteiger partial charge in [-0.15, -0.1) is 0 Å². The van der Waals surface area contributed by atoms with E-state index >= 15 is 0 Å². The van der Waals surface area contributed by atoms with E-state index in [2.05, 4.69) is 10.6 Å². The minimum absolute atomic E-state index is 0.0690. The van der Waals surface area contributed by atoms with Gasteiger partial charge in [0.2, 0.25) is 0 Å². The molecular formula is C27H23N4O3+. The minimum Gasteiger partial charge on any atom is -0.465 e. The molecule has 0 fully saturated rings. The minimum atomic E-state index is -1.12. The lowest BCUT2D eigenvalue weighted by Crippen LogP contribution is -2.44. The molecule has 0 bridgehead atoms. The summed E-state index contributed by atoms with van der Waals surface area (Å²) in [5, 5.41) is 14.7. The number of hydrogen-bond donors (Lipinski definition) is 3. The second kappa shape index (κ2) is 9.15. The van der Waals surface area contributed by atoms with Gasteiger partial charge in [-0.2, -0.15) is 4.57 Å². The first-order valence-electron chi connectivity index (χ1n) is 11.0. The number of carbonyl (C=O) groups excluding carboxylic acids is 1. The van der Waals surface area contributed by atoms with Crippen LogP contribution in [0.15, 0.2) is 91.1 Å². The Labute approximate surface area is 196 Å². The Bertz CT molecular complexity index is 1360. The van der Waals surface area contributed by atoms with Gasteiger partial charge in [0.05, 0.1) is 0 Å². The molecule has 1 amide bonds. The van der Waals surface area contributed by atoms with Crippen molar-refractivity contribution < 1.29 is 19.3 Å². The Morgan fingerprint density at radius 3 is 2.41 bits per heavy atom. The summed E-state index contributed by atoms with van der Waals surface area (Å²) in [5.41, 5.74) is 4.90. The fourth-order valence-electron chi connectivity index (χ4n) is 4.21. The molecular weight excluding hydrogens is 428 g/mol. The summed E-state index contributed by atoms with van der Waals surface area (Å²) in [4.78, 5) is 29.3. The molecule has 1 aliphatic heterocycles. The van der Waals surface area contributed by atoms with Gasteiger partial charge in [0.15, 0.2) is 6.04 Å². The highest BCUT2D eigenvalue weighted by Crippen LogP contribution is 2.25. The average molecular weight is 452 g/mol. The highest BCUT2D eigenvalue weighted by Gasteiger charge is 2.41. The molecule has 5 rings (SSSR count). The highest BCUT2D eigenvalue weighted by molar-refractivity contribution is 5.84. The summed E-state index contributed by atoms with van der Waals surface area (Å²) in [5.74, 6) is 0.624. The first-order valence-corrected chi connectivity index (χ1v) is 11.0. The number of nitrogens with one attached hydrogen (secondary N) is 2.